The first kappa shape index (κ1) is 26.0. The Balaban J connectivity index is 1.74. The van der Waals surface area contributed by atoms with Gasteiger partial charge in [-0.3, -0.25) is 13.8 Å². The van der Waals surface area contributed by atoms with Crippen LogP contribution in [0.4, 0.5) is 17.1 Å². The molecule has 0 saturated carbocycles. The van der Waals surface area contributed by atoms with Crippen molar-refractivity contribution in [3.63, 3.8) is 0 Å². The fourth-order valence-electron chi connectivity index (χ4n) is 3.34. The van der Waals surface area contributed by atoms with E-state index in [1.165, 1.54) is 38.3 Å². The minimum absolute atomic E-state index is 0.00298. The Labute approximate surface area is 205 Å². The number of amides is 1. The van der Waals surface area contributed by atoms with Crippen LogP contribution in [-0.4, -0.2) is 42.2 Å². The van der Waals surface area contributed by atoms with Gasteiger partial charge in [0.05, 0.1) is 23.9 Å². The third-order valence-electron chi connectivity index (χ3n) is 5.15. The number of aryl methyl sites for hydroxylation is 1. The highest BCUT2D eigenvalue weighted by Gasteiger charge is 2.29. The Morgan fingerprint density at radius 3 is 1.91 bits per heavy atom. The summed E-state index contributed by atoms with van der Waals surface area (Å²) >= 11 is 0. The molecule has 0 heterocycles. The molecule has 0 fully saturated rings. The van der Waals surface area contributed by atoms with Crippen molar-refractivity contribution in [3.05, 3.63) is 78.4 Å². The topological polar surface area (TPSA) is 122 Å². The van der Waals surface area contributed by atoms with Crippen molar-refractivity contribution >= 4 is 43.0 Å². The average molecular weight is 518 g/mol. The molecule has 2 N–H and O–H groups in total. The first-order valence-corrected chi connectivity index (χ1v) is 13.9. The van der Waals surface area contributed by atoms with Gasteiger partial charge in [0.1, 0.15) is 11.8 Å². The molecule has 0 aliphatic carbocycles. The maximum Gasteiger partial charge on any atom is 0.261 e. The summed E-state index contributed by atoms with van der Waals surface area (Å²) in [5.74, 6) is 0.0297. The highest BCUT2D eigenvalue weighted by Crippen LogP contribution is 2.23. The van der Waals surface area contributed by atoms with Gasteiger partial charge in [-0.2, -0.15) is 0 Å². The van der Waals surface area contributed by atoms with E-state index in [4.69, 9.17) is 4.74 Å². The number of hydrogen-bond donors (Lipinski definition) is 2. The molecular weight excluding hydrogens is 490 g/mol. The first-order valence-electron chi connectivity index (χ1n) is 10.5. The van der Waals surface area contributed by atoms with E-state index in [0.717, 1.165) is 16.1 Å². The summed E-state index contributed by atoms with van der Waals surface area (Å²) in [6, 6.07) is 17.7. The smallest absolute Gasteiger partial charge is 0.261 e. The zero-order valence-corrected chi connectivity index (χ0v) is 21.4. The molecule has 186 valence electrons. The van der Waals surface area contributed by atoms with Gasteiger partial charge in [-0.1, -0.05) is 17.7 Å². The van der Waals surface area contributed by atoms with Gasteiger partial charge < -0.3 is 10.1 Å². The molecule has 3 rings (SSSR count). The summed E-state index contributed by atoms with van der Waals surface area (Å²) in [6.45, 7) is 3.36. The molecule has 9 nitrogen and oxygen atoms in total. The zero-order chi connectivity index (χ0) is 25.8. The maximum absolute atomic E-state index is 12.9. The minimum atomic E-state index is -3.86. The van der Waals surface area contributed by atoms with Crippen molar-refractivity contribution in [2.24, 2.45) is 0 Å². The first-order chi connectivity index (χ1) is 16.4. The van der Waals surface area contributed by atoms with Gasteiger partial charge in [-0.05, 0) is 74.5 Å². The highest BCUT2D eigenvalue weighted by molar-refractivity contribution is 7.92. The van der Waals surface area contributed by atoms with Crippen molar-refractivity contribution < 1.29 is 26.4 Å². The number of nitrogens with zero attached hydrogens (tertiary/aromatic N) is 1. The second-order valence-electron chi connectivity index (χ2n) is 7.92. The number of sulfonamides is 2. The van der Waals surface area contributed by atoms with Crippen molar-refractivity contribution in [2.45, 2.75) is 24.8 Å². The normalized spacial score (nSPS) is 12.5. The Bertz CT molecular complexity index is 1390. The van der Waals surface area contributed by atoms with Gasteiger partial charge in [0.2, 0.25) is 15.9 Å². The second-order valence-corrected chi connectivity index (χ2v) is 11.5. The van der Waals surface area contributed by atoms with Crippen molar-refractivity contribution in [2.75, 3.05) is 27.7 Å². The van der Waals surface area contributed by atoms with Crippen LogP contribution in [-0.2, 0) is 24.8 Å². The predicted octanol–water partition coefficient (Wildman–Crippen LogP) is 3.60. The number of ether oxygens (including phenoxy) is 1. The molecule has 3 aromatic carbocycles. The number of carbonyl (C=O) groups is 1. The van der Waals surface area contributed by atoms with Crippen LogP contribution in [0.2, 0.25) is 0 Å². The van der Waals surface area contributed by atoms with Crippen molar-refractivity contribution in [1.29, 1.82) is 0 Å². The molecular formula is C24H27N3O6S2. The molecule has 0 radical (unpaired) electrons. The van der Waals surface area contributed by atoms with E-state index >= 15 is 0 Å². The monoisotopic (exact) mass is 517 g/mol. The molecule has 0 bridgehead atoms. The van der Waals surface area contributed by atoms with E-state index < -0.39 is 32.0 Å². The van der Waals surface area contributed by atoms with E-state index in [2.05, 4.69) is 10.0 Å². The van der Waals surface area contributed by atoms with E-state index in [1.807, 2.05) is 6.92 Å². The molecule has 0 saturated heterocycles. The van der Waals surface area contributed by atoms with Crippen LogP contribution in [0.3, 0.4) is 0 Å². The standard InChI is InChI=1S/C24H27N3O6S2/c1-17-5-11-21(12-6-17)27(34(4,29)30)18(2)24(28)25-19-9-15-23(16-10-19)35(31,32)26-20-7-13-22(33-3)14-8-20/h5-16,18,26H,1-4H3,(H,25,28)/t18-/m0/s1. The molecule has 0 aromatic heterocycles. The third kappa shape index (κ3) is 6.52. The van der Waals surface area contributed by atoms with E-state index in [1.54, 1.807) is 48.5 Å². The minimum Gasteiger partial charge on any atom is -0.497 e. The average Bonchev–Trinajstić information content (AvgIpc) is 2.80. The predicted molar refractivity (Wildman–Crippen MR) is 137 cm³/mol. The van der Waals surface area contributed by atoms with Crippen LogP contribution in [0.15, 0.2) is 77.7 Å². The summed E-state index contributed by atoms with van der Waals surface area (Å²) in [5.41, 5.74) is 2.01. The number of rotatable bonds is 9. The molecule has 0 spiro atoms. The van der Waals surface area contributed by atoms with Crippen LogP contribution in [0.5, 0.6) is 5.75 Å². The molecule has 3 aromatic rings. The summed E-state index contributed by atoms with van der Waals surface area (Å²) in [4.78, 5) is 12.9. The van der Waals surface area contributed by atoms with Gasteiger partial charge in [0, 0.05) is 11.4 Å². The van der Waals surface area contributed by atoms with Crippen LogP contribution < -0.4 is 19.1 Å². The molecule has 0 unspecified atom stereocenters. The Morgan fingerprint density at radius 2 is 1.40 bits per heavy atom. The second kappa shape index (κ2) is 10.4. The molecule has 0 aliphatic heterocycles. The van der Waals surface area contributed by atoms with Crippen LogP contribution in [0, 0.1) is 6.92 Å². The molecule has 1 amide bonds. The molecule has 35 heavy (non-hydrogen) atoms. The van der Waals surface area contributed by atoms with Crippen LogP contribution >= 0.6 is 0 Å². The van der Waals surface area contributed by atoms with Crippen molar-refractivity contribution in [3.8, 4) is 5.75 Å². The van der Waals surface area contributed by atoms with Gasteiger partial charge in [-0.25, -0.2) is 16.8 Å². The number of anilines is 3. The number of benzene rings is 3. The molecule has 11 heteroatoms. The number of carbonyl (C=O) groups excluding carboxylic acids is 1. The lowest BCUT2D eigenvalue weighted by atomic mass is 10.2. The fourth-order valence-corrected chi connectivity index (χ4v) is 5.57. The lowest BCUT2D eigenvalue weighted by Crippen LogP contribution is -2.45. The fraction of sp³-hybridized carbons (Fsp3) is 0.208. The Hall–Kier alpha value is -3.57. The maximum atomic E-state index is 12.9. The van der Waals surface area contributed by atoms with Gasteiger partial charge in [-0.15, -0.1) is 0 Å². The van der Waals surface area contributed by atoms with Crippen molar-refractivity contribution in [1.82, 2.24) is 0 Å². The van der Waals surface area contributed by atoms with E-state index in [9.17, 15) is 21.6 Å². The summed E-state index contributed by atoms with van der Waals surface area (Å²) in [6.07, 6.45) is 1.03. The highest BCUT2D eigenvalue weighted by atomic mass is 32.2. The Morgan fingerprint density at radius 1 is 0.857 bits per heavy atom. The Kier molecular flexibility index (Phi) is 7.71. The largest absolute Gasteiger partial charge is 0.497 e. The lowest BCUT2D eigenvalue weighted by Gasteiger charge is -2.28. The number of hydrogen-bond acceptors (Lipinski definition) is 6. The molecule has 1 atom stereocenters. The summed E-state index contributed by atoms with van der Waals surface area (Å²) in [5, 5.41) is 2.64. The zero-order valence-electron chi connectivity index (χ0n) is 19.7. The third-order valence-corrected chi connectivity index (χ3v) is 7.79. The number of nitrogens with one attached hydrogen (secondary N) is 2. The van der Waals surface area contributed by atoms with Gasteiger partial charge in [0.25, 0.3) is 10.0 Å². The lowest BCUT2D eigenvalue weighted by molar-refractivity contribution is -0.116. The SMILES string of the molecule is COc1ccc(NS(=O)(=O)c2ccc(NC(=O)[C@H](C)N(c3ccc(C)cc3)S(C)(=O)=O)cc2)cc1. The quantitative estimate of drug-likeness (QED) is 0.447. The van der Waals surface area contributed by atoms with E-state index in [-0.39, 0.29) is 4.90 Å². The van der Waals surface area contributed by atoms with Crippen LogP contribution in [0.25, 0.3) is 0 Å². The summed E-state index contributed by atoms with van der Waals surface area (Å²) < 4.78 is 58.8. The van der Waals surface area contributed by atoms with E-state index in [0.29, 0.717) is 22.8 Å². The van der Waals surface area contributed by atoms with Gasteiger partial charge >= 0.3 is 0 Å². The summed E-state index contributed by atoms with van der Waals surface area (Å²) in [7, 11) is -6.09. The number of methoxy groups -OCH3 is 1. The molecule has 0 aliphatic rings. The van der Waals surface area contributed by atoms with Crippen LogP contribution in [0.1, 0.15) is 12.5 Å². The van der Waals surface area contributed by atoms with Gasteiger partial charge in [0.15, 0.2) is 0 Å².